The molecular weight excluding hydrogens is 300 g/mol. The van der Waals surface area contributed by atoms with Crippen LogP contribution in [0.5, 0.6) is 28.7 Å². The normalized spacial score (nSPS) is 10.8. The number of methoxy groups -OCH3 is 5. The van der Waals surface area contributed by atoms with Crippen molar-refractivity contribution in [1.82, 2.24) is 0 Å². The summed E-state index contributed by atoms with van der Waals surface area (Å²) >= 11 is 0. The average Bonchev–Trinajstić information content (AvgIpc) is 3.07. The Morgan fingerprint density at radius 2 is 1.35 bits per heavy atom. The molecule has 1 heterocycles. The van der Waals surface area contributed by atoms with Gasteiger partial charge in [0.2, 0.25) is 0 Å². The number of fused-ring (bicyclic) bond motifs is 2. The van der Waals surface area contributed by atoms with Crippen molar-refractivity contribution in [3.8, 4) is 28.7 Å². The second-order valence-electron chi connectivity index (χ2n) is 4.79. The van der Waals surface area contributed by atoms with Gasteiger partial charge in [-0.2, -0.15) is 0 Å². The van der Waals surface area contributed by atoms with E-state index in [2.05, 4.69) is 0 Å². The highest BCUT2D eigenvalue weighted by molar-refractivity contribution is 6.14. The molecule has 3 aromatic rings. The molecule has 0 aliphatic rings. The summed E-state index contributed by atoms with van der Waals surface area (Å²) in [6.45, 7) is 0. The van der Waals surface area contributed by atoms with Crippen molar-refractivity contribution >= 4 is 21.7 Å². The van der Waals surface area contributed by atoms with Crippen molar-refractivity contribution in [3.63, 3.8) is 0 Å². The van der Waals surface area contributed by atoms with Crippen LogP contribution >= 0.6 is 0 Å². The molecular formula is C17H18O6. The Bertz CT molecular complexity index is 865. The number of hydrogen-bond donors (Lipinski definition) is 0. The summed E-state index contributed by atoms with van der Waals surface area (Å²) in [6, 6.07) is 3.58. The first-order valence-electron chi connectivity index (χ1n) is 6.95. The van der Waals surface area contributed by atoms with Gasteiger partial charge in [-0.05, 0) is 6.07 Å². The minimum absolute atomic E-state index is 0.525. The van der Waals surface area contributed by atoms with Crippen LogP contribution in [0.4, 0.5) is 0 Å². The maximum atomic E-state index is 5.62. The maximum Gasteiger partial charge on any atom is 0.180 e. The van der Waals surface area contributed by atoms with Gasteiger partial charge in [0.1, 0.15) is 11.5 Å². The van der Waals surface area contributed by atoms with Crippen LogP contribution < -0.4 is 23.7 Å². The molecule has 0 spiro atoms. The van der Waals surface area contributed by atoms with E-state index in [4.69, 9.17) is 28.1 Å². The molecule has 0 amide bonds. The first kappa shape index (κ1) is 15.1. The number of hydrogen-bond acceptors (Lipinski definition) is 6. The highest BCUT2D eigenvalue weighted by Crippen LogP contribution is 2.53. The molecule has 0 saturated heterocycles. The van der Waals surface area contributed by atoms with E-state index in [1.807, 2.05) is 6.07 Å². The average molecular weight is 318 g/mol. The van der Waals surface area contributed by atoms with Crippen LogP contribution in [0.15, 0.2) is 22.8 Å². The number of ether oxygens (including phenoxy) is 5. The summed E-state index contributed by atoms with van der Waals surface area (Å²) in [5.41, 5.74) is 0.574. The van der Waals surface area contributed by atoms with E-state index < -0.39 is 0 Å². The summed E-state index contributed by atoms with van der Waals surface area (Å²) in [5.74, 6) is 2.81. The zero-order valence-electron chi connectivity index (χ0n) is 13.7. The zero-order chi connectivity index (χ0) is 16.6. The van der Waals surface area contributed by atoms with E-state index in [1.54, 1.807) is 47.9 Å². The van der Waals surface area contributed by atoms with Gasteiger partial charge < -0.3 is 28.1 Å². The number of furan rings is 1. The molecule has 6 nitrogen and oxygen atoms in total. The van der Waals surface area contributed by atoms with Gasteiger partial charge in [-0.15, -0.1) is 0 Å². The monoisotopic (exact) mass is 318 g/mol. The van der Waals surface area contributed by atoms with E-state index >= 15 is 0 Å². The highest BCUT2D eigenvalue weighted by Gasteiger charge is 2.26. The lowest BCUT2D eigenvalue weighted by Gasteiger charge is -2.18. The molecule has 23 heavy (non-hydrogen) atoms. The molecule has 0 atom stereocenters. The summed E-state index contributed by atoms with van der Waals surface area (Å²) in [5, 5.41) is 2.20. The van der Waals surface area contributed by atoms with Gasteiger partial charge >= 0.3 is 0 Å². The summed E-state index contributed by atoms with van der Waals surface area (Å²) in [4.78, 5) is 0. The van der Waals surface area contributed by atoms with Gasteiger partial charge in [0, 0.05) is 6.07 Å². The van der Waals surface area contributed by atoms with Gasteiger partial charge in [-0.3, -0.25) is 0 Å². The second-order valence-corrected chi connectivity index (χ2v) is 4.79. The quantitative estimate of drug-likeness (QED) is 0.716. The van der Waals surface area contributed by atoms with Crippen molar-refractivity contribution in [2.24, 2.45) is 0 Å². The molecule has 0 bridgehead atoms. The summed E-state index contributed by atoms with van der Waals surface area (Å²) < 4.78 is 33.3. The first-order valence-corrected chi connectivity index (χ1v) is 6.95. The lowest BCUT2D eigenvalue weighted by atomic mass is 10.0. The fourth-order valence-corrected chi connectivity index (χ4v) is 2.89. The molecule has 0 aliphatic carbocycles. The van der Waals surface area contributed by atoms with Gasteiger partial charge in [0.05, 0.1) is 58.0 Å². The highest BCUT2D eigenvalue weighted by atomic mass is 16.5. The Morgan fingerprint density at radius 1 is 0.696 bits per heavy atom. The fourth-order valence-electron chi connectivity index (χ4n) is 2.89. The summed E-state index contributed by atoms with van der Waals surface area (Å²) in [7, 11) is 7.91. The van der Waals surface area contributed by atoms with Crippen LogP contribution in [-0.4, -0.2) is 35.5 Å². The van der Waals surface area contributed by atoms with Crippen LogP contribution in [0, 0.1) is 0 Å². The molecule has 0 fully saturated rings. The maximum absolute atomic E-state index is 5.62. The van der Waals surface area contributed by atoms with Crippen LogP contribution in [-0.2, 0) is 0 Å². The van der Waals surface area contributed by atoms with Crippen molar-refractivity contribution in [2.75, 3.05) is 35.5 Å². The third-order valence-electron chi connectivity index (χ3n) is 3.83. The predicted molar refractivity (Wildman–Crippen MR) is 86.5 cm³/mol. The van der Waals surface area contributed by atoms with E-state index in [0.717, 1.165) is 10.8 Å². The van der Waals surface area contributed by atoms with Gasteiger partial charge in [-0.25, -0.2) is 0 Å². The lowest BCUT2D eigenvalue weighted by Crippen LogP contribution is -1.99. The van der Waals surface area contributed by atoms with Gasteiger partial charge in [0.15, 0.2) is 22.8 Å². The second kappa shape index (κ2) is 5.79. The Hall–Kier alpha value is -2.76. The molecule has 6 heteroatoms. The minimum atomic E-state index is 0.525. The van der Waals surface area contributed by atoms with E-state index in [1.165, 1.54) is 0 Å². The van der Waals surface area contributed by atoms with Crippen molar-refractivity contribution in [3.05, 3.63) is 18.4 Å². The van der Waals surface area contributed by atoms with Gasteiger partial charge in [0.25, 0.3) is 0 Å². The largest absolute Gasteiger partial charge is 0.496 e. The van der Waals surface area contributed by atoms with Crippen molar-refractivity contribution < 1.29 is 28.1 Å². The van der Waals surface area contributed by atoms with Crippen molar-refractivity contribution in [2.45, 2.75) is 0 Å². The zero-order valence-corrected chi connectivity index (χ0v) is 13.7. The van der Waals surface area contributed by atoms with E-state index in [0.29, 0.717) is 39.7 Å². The number of benzene rings is 2. The Labute approximate surface area is 133 Å². The molecule has 1 aromatic heterocycles. The predicted octanol–water partition coefficient (Wildman–Crippen LogP) is 3.63. The van der Waals surface area contributed by atoms with Crippen LogP contribution in [0.3, 0.4) is 0 Å². The molecule has 2 aromatic carbocycles. The third kappa shape index (κ3) is 2.02. The SMILES string of the molecule is COc1cc(OC)c2c(OC)c3ccoc3c(OC)c2c1OC. The van der Waals surface area contributed by atoms with Gasteiger partial charge in [-0.1, -0.05) is 0 Å². The van der Waals surface area contributed by atoms with E-state index in [-0.39, 0.29) is 0 Å². The topological polar surface area (TPSA) is 59.3 Å². The molecule has 0 unspecified atom stereocenters. The summed E-state index contributed by atoms with van der Waals surface area (Å²) in [6.07, 6.45) is 1.59. The molecule has 122 valence electrons. The molecule has 0 N–H and O–H groups in total. The smallest absolute Gasteiger partial charge is 0.180 e. The number of rotatable bonds is 5. The lowest BCUT2D eigenvalue weighted by molar-refractivity contribution is 0.350. The standard InChI is InChI=1S/C17H18O6/c1-18-10-8-11(19-2)16(21-4)13-12(10)14(20-3)9-6-7-23-15(9)17(13)22-5/h6-8H,1-5H3. The molecule has 3 rings (SSSR count). The van der Waals surface area contributed by atoms with Crippen molar-refractivity contribution in [1.29, 1.82) is 0 Å². The Morgan fingerprint density at radius 3 is 1.91 bits per heavy atom. The molecule has 0 saturated carbocycles. The Balaban J connectivity index is 2.66. The van der Waals surface area contributed by atoms with Crippen LogP contribution in [0.2, 0.25) is 0 Å². The molecule has 0 aliphatic heterocycles. The first-order chi connectivity index (χ1) is 11.2. The van der Waals surface area contributed by atoms with E-state index in [9.17, 15) is 0 Å². The minimum Gasteiger partial charge on any atom is -0.496 e. The molecule has 0 radical (unpaired) electrons. The fraction of sp³-hybridized carbons (Fsp3) is 0.294. The Kier molecular flexibility index (Phi) is 3.82. The third-order valence-corrected chi connectivity index (χ3v) is 3.83. The van der Waals surface area contributed by atoms with Crippen LogP contribution in [0.25, 0.3) is 21.7 Å². The van der Waals surface area contributed by atoms with Crippen LogP contribution in [0.1, 0.15) is 0 Å².